The standard InChI is InChI=1S/C18H18N2O4/c1-23-16-5-3-4-13(12-16)10-11-19-18(22)20-15-8-6-14(7-9-15)17(21)24-2/h3-12H,1-2H3,(H2,19,20,22)/b11-10+. The number of esters is 1. The molecule has 0 fully saturated rings. The lowest BCUT2D eigenvalue weighted by molar-refractivity contribution is 0.0601. The summed E-state index contributed by atoms with van der Waals surface area (Å²) in [5.41, 5.74) is 1.88. The minimum absolute atomic E-state index is 0.389. The predicted molar refractivity (Wildman–Crippen MR) is 92.0 cm³/mol. The van der Waals surface area contributed by atoms with Gasteiger partial charge in [-0.1, -0.05) is 12.1 Å². The summed E-state index contributed by atoms with van der Waals surface area (Å²) in [6, 6.07) is 13.5. The molecule has 2 aromatic rings. The maximum atomic E-state index is 11.8. The number of benzene rings is 2. The number of hydrogen-bond donors (Lipinski definition) is 2. The zero-order valence-corrected chi connectivity index (χ0v) is 13.4. The van der Waals surface area contributed by atoms with Crippen LogP contribution in [-0.4, -0.2) is 26.2 Å². The molecule has 0 aromatic heterocycles. The molecule has 2 N–H and O–H groups in total. The van der Waals surface area contributed by atoms with Crippen molar-refractivity contribution in [2.45, 2.75) is 0 Å². The first-order valence-corrected chi connectivity index (χ1v) is 7.19. The van der Waals surface area contributed by atoms with Crippen molar-refractivity contribution in [2.24, 2.45) is 0 Å². The summed E-state index contributed by atoms with van der Waals surface area (Å²) in [6.07, 6.45) is 3.29. The van der Waals surface area contributed by atoms with E-state index >= 15 is 0 Å². The second kappa shape index (κ2) is 8.38. The molecule has 0 aliphatic rings. The summed E-state index contributed by atoms with van der Waals surface area (Å²) in [4.78, 5) is 23.1. The lowest BCUT2D eigenvalue weighted by Crippen LogP contribution is -2.23. The summed E-state index contributed by atoms with van der Waals surface area (Å²) in [5, 5.41) is 5.26. The van der Waals surface area contributed by atoms with Gasteiger partial charge in [-0.25, -0.2) is 9.59 Å². The quantitative estimate of drug-likeness (QED) is 0.827. The SMILES string of the molecule is COC(=O)c1ccc(NC(=O)N/C=C/c2cccc(OC)c2)cc1. The van der Waals surface area contributed by atoms with E-state index in [0.717, 1.165) is 11.3 Å². The van der Waals surface area contributed by atoms with Crippen LogP contribution in [0, 0.1) is 0 Å². The van der Waals surface area contributed by atoms with Gasteiger partial charge in [0.25, 0.3) is 0 Å². The van der Waals surface area contributed by atoms with Gasteiger partial charge in [0.05, 0.1) is 19.8 Å². The Hall–Kier alpha value is -3.28. The normalized spacial score (nSPS) is 10.2. The van der Waals surface area contributed by atoms with Crippen molar-refractivity contribution in [1.82, 2.24) is 5.32 Å². The van der Waals surface area contributed by atoms with Crippen molar-refractivity contribution >= 4 is 23.8 Å². The summed E-state index contributed by atoms with van der Waals surface area (Å²) in [7, 11) is 2.91. The van der Waals surface area contributed by atoms with E-state index in [1.54, 1.807) is 37.5 Å². The number of hydrogen-bond acceptors (Lipinski definition) is 4. The third kappa shape index (κ3) is 4.88. The van der Waals surface area contributed by atoms with Crippen LogP contribution in [0.2, 0.25) is 0 Å². The van der Waals surface area contributed by atoms with Gasteiger partial charge in [-0.15, -0.1) is 0 Å². The Labute approximate surface area is 140 Å². The molecule has 6 nitrogen and oxygen atoms in total. The van der Waals surface area contributed by atoms with Crippen LogP contribution < -0.4 is 15.4 Å². The molecule has 2 aromatic carbocycles. The fraction of sp³-hybridized carbons (Fsp3) is 0.111. The lowest BCUT2D eigenvalue weighted by Gasteiger charge is -2.05. The Bertz CT molecular complexity index is 739. The van der Waals surface area contributed by atoms with E-state index in [1.165, 1.54) is 13.3 Å². The maximum absolute atomic E-state index is 11.8. The third-order valence-corrected chi connectivity index (χ3v) is 3.15. The van der Waals surface area contributed by atoms with Gasteiger partial charge in [-0.05, 0) is 48.0 Å². The molecule has 0 spiro atoms. The number of rotatable bonds is 5. The molecule has 0 bridgehead atoms. The number of urea groups is 1. The molecule has 0 saturated heterocycles. The Morgan fingerprint density at radius 2 is 1.79 bits per heavy atom. The van der Waals surface area contributed by atoms with Crippen molar-refractivity contribution in [2.75, 3.05) is 19.5 Å². The highest BCUT2D eigenvalue weighted by Gasteiger charge is 2.05. The van der Waals surface area contributed by atoms with Crippen LogP contribution in [0.5, 0.6) is 5.75 Å². The van der Waals surface area contributed by atoms with Gasteiger partial charge in [0.15, 0.2) is 0 Å². The lowest BCUT2D eigenvalue weighted by atomic mass is 10.2. The van der Waals surface area contributed by atoms with Gasteiger partial charge >= 0.3 is 12.0 Å². The molecule has 0 aliphatic carbocycles. The maximum Gasteiger partial charge on any atom is 0.337 e. The van der Waals surface area contributed by atoms with Crippen LogP contribution >= 0.6 is 0 Å². The fourth-order valence-electron chi connectivity index (χ4n) is 1.93. The van der Waals surface area contributed by atoms with Crippen molar-refractivity contribution in [3.8, 4) is 5.75 Å². The zero-order chi connectivity index (χ0) is 17.4. The second-order valence-corrected chi connectivity index (χ2v) is 4.78. The van der Waals surface area contributed by atoms with Crippen molar-refractivity contribution in [3.05, 3.63) is 65.9 Å². The van der Waals surface area contributed by atoms with Gasteiger partial charge in [0.2, 0.25) is 0 Å². The molecule has 0 saturated carbocycles. The van der Waals surface area contributed by atoms with Crippen LogP contribution in [0.1, 0.15) is 15.9 Å². The van der Waals surface area contributed by atoms with E-state index in [2.05, 4.69) is 15.4 Å². The monoisotopic (exact) mass is 326 g/mol. The number of amides is 2. The van der Waals surface area contributed by atoms with Crippen molar-refractivity contribution < 1.29 is 19.1 Å². The van der Waals surface area contributed by atoms with Gasteiger partial charge in [-0.3, -0.25) is 0 Å². The van der Waals surface area contributed by atoms with E-state index in [4.69, 9.17) is 4.74 Å². The molecule has 124 valence electrons. The molecule has 0 atom stereocenters. The molecule has 24 heavy (non-hydrogen) atoms. The molecule has 0 radical (unpaired) electrons. The average Bonchev–Trinajstić information content (AvgIpc) is 2.62. The summed E-state index contributed by atoms with van der Waals surface area (Å²) in [5.74, 6) is 0.319. The molecule has 2 amide bonds. The molecular weight excluding hydrogens is 308 g/mol. The Balaban J connectivity index is 1.88. The Morgan fingerprint density at radius 3 is 2.46 bits per heavy atom. The molecule has 0 aliphatic heterocycles. The van der Waals surface area contributed by atoms with E-state index in [1.807, 2.05) is 24.3 Å². The third-order valence-electron chi connectivity index (χ3n) is 3.15. The van der Waals surface area contributed by atoms with Gasteiger partial charge in [0, 0.05) is 11.9 Å². The van der Waals surface area contributed by atoms with Gasteiger partial charge < -0.3 is 20.1 Å². The van der Waals surface area contributed by atoms with Crippen LogP contribution in [0.25, 0.3) is 6.08 Å². The number of carbonyl (C=O) groups excluding carboxylic acids is 2. The largest absolute Gasteiger partial charge is 0.497 e. The number of carbonyl (C=O) groups is 2. The predicted octanol–water partition coefficient (Wildman–Crippen LogP) is 3.27. The van der Waals surface area contributed by atoms with E-state index < -0.39 is 5.97 Å². The van der Waals surface area contributed by atoms with Gasteiger partial charge in [-0.2, -0.15) is 0 Å². The highest BCUT2D eigenvalue weighted by molar-refractivity contribution is 5.92. The van der Waals surface area contributed by atoms with Crippen molar-refractivity contribution in [3.63, 3.8) is 0 Å². The Kier molecular flexibility index (Phi) is 5.96. The van der Waals surface area contributed by atoms with E-state index in [9.17, 15) is 9.59 Å². The first-order chi connectivity index (χ1) is 11.6. The molecular formula is C18H18N2O4. The van der Waals surface area contributed by atoms with E-state index in [-0.39, 0.29) is 6.03 Å². The van der Waals surface area contributed by atoms with Crippen LogP contribution in [0.4, 0.5) is 10.5 Å². The topological polar surface area (TPSA) is 76.7 Å². The van der Waals surface area contributed by atoms with Crippen LogP contribution in [0.15, 0.2) is 54.7 Å². The molecule has 2 rings (SSSR count). The minimum atomic E-state index is -0.424. The fourth-order valence-corrected chi connectivity index (χ4v) is 1.93. The number of anilines is 1. The first kappa shape index (κ1) is 17.1. The van der Waals surface area contributed by atoms with Gasteiger partial charge in [0.1, 0.15) is 5.75 Å². The Morgan fingerprint density at radius 1 is 1.04 bits per heavy atom. The van der Waals surface area contributed by atoms with Crippen LogP contribution in [0.3, 0.4) is 0 Å². The minimum Gasteiger partial charge on any atom is -0.497 e. The molecule has 0 unspecified atom stereocenters. The molecule has 6 heteroatoms. The molecule has 0 heterocycles. The average molecular weight is 326 g/mol. The second-order valence-electron chi connectivity index (χ2n) is 4.78. The van der Waals surface area contributed by atoms with Crippen LogP contribution in [-0.2, 0) is 4.74 Å². The van der Waals surface area contributed by atoms with Crippen molar-refractivity contribution in [1.29, 1.82) is 0 Å². The number of nitrogens with one attached hydrogen (secondary N) is 2. The summed E-state index contributed by atoms with van der Waals surface area (Å²) in [6.45, 7) is 0. The summed E-state index contributed by atoms with van der Waals surface area (Å²) < 4.78 is 9.74. The van der Waals surface area contributed by atoms with E-state index in [0.29, 0.717) is 11.3 Å². The zero-order valence-electron chi connectivity index (χ0n) is 13.4. The first-order valence-electron chi connectivity index (χ1n) is 7.19. The number of methoxy groups -OCH3 is 2. The summed E-state index contributed by atoms with van der Waals surface area (Å²) >= 11 is 0. The number of ether oxygens (including phenoxy) is 2. The smallest absolute Gasteiger partial charge is 0.337 e. The highest BCUT2D eigenvalue weighted by atomic mass is 16.5. The highest BCUT2D eigenvalue weighted by Crippen LogP contribution is 2.13.